The van der Waals surface area contributed by atoms with E-state index in [1.165, 1.54) is 6.07 Å². The van der Waals surface area contributed by atoms with E-state index in [0.29, 0.717) is 22.0 Å². The topological polar surface area (TPSA) is 49.3 Å². The number of hydrogen-bond acceptors (Lipinski definition) is 2. The summed E-state index contributed by atoms with van der Waals surface area (Å²) in [6.45, 7) is 3.90. The van der Waals surface area contributed by atoms with Crippen LogP contribution in [0.4, 0.5) is 0 Å². The fourth-order valence-corrected chi connectivity index (χ4v) is 1.86. The van der Waals surface area contributed by atoms with Gasteiger partial charge in [0.15, 0.2) is 0 Å². The van der Waals surface area contributed by atoms with Crippen molar-refractivity contribution in [2.45, 2.75) is 32.2 Å². The van der Waals surface area contributed by atoms with Gasteiger partial charge in [-0.25, -0.2) is 0 Å². The van der Waals surface area contributed by atoms with E-state index in [4.69, 9.17) is 28.3 Å². The standard InChI is InChI=1S/C13H17Cl2NO2/c1-3-13(2,6-7-17)16-12(18)9-4-5-10(14)11(15)8-9/h4-5,8,17H,3,6-7H2,1-2H3,(H,16,18). The van der Waals surface area contributed by atoms with Crippen LogP contribution >= 0.6 is 23.2 Å². The zero-order valence-electron chi connectivity index (χ0n) is 10.5. The number of carbonyl (C=O) groups is 1. The largest absolute Gasteiger partial charge is 0.396 e. The smallest absolute Gasteiger partial charge is 0.251 e. The molecule has 0 saturated heterocycles. The molecule has 1 rings (SSSR count). The molecule has 0 aromatic heterocycles. The minimum Gasteiger partial charge on any atom is -0.396 e. The summed E-state index contributed by atoms with van der Waals surface area (Å²) in [7, 11) is 0. The Balaban J connectivity index is 2.84. The molecule has 0 radical (unpaired) electrons. The van der Waals surface area contributed by atoms with Crippen LogP contribution in [0.2, 0.25) is 10.0 Å². The summed E-state index contributed by atoms with van der Waals surface area (Å²) in [5.41, 5.74) is 0.0415. The van der Waals surface area contributed by atoms with Gasteiger partial charge in [-0.3, -0.25) is 4.79 Å². The second-order valence-corrected chi connectivity index (χ2v) is 5.29. The maximum atomic E-state index is 12.1. The molecule has 100 valence electrons. The zero-order valence-corrected chi connectivity index (χ0v) is 12.0. The van der Waals surface area contributed by atoms with Gasteiger partial charge < -0.3 is 10.4 Å². The number of aliphatic hydroxyl groups is 1. The average molecular weight is 290 g/mol. The van der Waals surface area contributed by atoms with Crippen molar-refractivity contribution < 1.29 is 9.90 Å². The van der Waals surface area contributed by atoms with Crippen molar-refractivity contribution >= 4 is 29.1 Å². The molecule has 3 nitrogen and oxygen atoms in total. The first-order valence-electron chi connectivity index (χ1n) is 5.80. The first-order valence-corrected chi connectivity index (χ1v) is 6.56. The minimum atomic E-state index is -0.419. The third kappa shape index (κ3) is 3.87. The minimum absolute atomic E-state index is 0.0337. The molecule has 0 aliphatic carbocycles. The Morgan fingerprint density at radius 2 is 2.06 bits per heavy atom. The summed E-state index contributed by atoms with van der Waals surface area (Å²) >= 11 is 11.7. The number of aliphatic hydroxyl groups excluding tert-OH is 1. The first kappa shape index (κ1) is 15.3. The highest BCUT2D eigenvalue weighted by Crippen LogP contribution is 2.23. The van der Waals surface area contributed by atoms with Crippen LogP contribution in [0.3, 0.4) is 0 Å². The monoisotopic (exact) mass is 289 g/mol. The van der Waals surface area contributed by atoms with Gasteiger partial charge in [0.05, 0.1) is 10.0 Å². The van der Waals surface area contributed by atoms with Crippen molar-refractivity contribution in [1.82, 2.24) is 5.32 Å². The number of carbonyl (C=O) groups excluding carboxylic acids is 1. The fraction of sp³-hybridized carbons (Fsp3) is 0.462. The molecule has 0 spiro atoms. The summed E-state index contributed by atoms with van der Waals surface area (Å²) in [5, 5.41) is 12.7. The van der Waals surface area contributed by atoms with Gasteiger partial charge in [-0.1, -0.05) is 30.1 Å². The summed E-state index contributed by atoms with van der Waals surface area (Å²) in [6.07, 6.45) is 1.25. The van der Waals surface area contributed by atoms with Crippen molar-refractivity contribution in [2.24, 2.45) is 0 Å². The van der Waals surface area contributed by atoms with Crippen LogP contribution in [-0.2, 0) is 0 Å². The Kier molecular flexibility index (Phi) is 5.45. The van der Waals surface area contributed by atoms with Crippen LogP contribution in [-0.4, -0.2) is 23.2 Å². The predicted molar refractivity (Wildman–Crippen MR) is 74.3 cm³/mol. The third-order valence-corrected chi connectivity index (χ3v) is 3.78. The van der Waals surface area contributed by atoms with Crippen molar-refractivity contribution in [1.29, 1.82) is 0 Å². The molecule has 1 aromatic rings. The molecule has 1 unspecified atom stereocenters. The molecule has 0 fully saturated rings. The van der Waals surface area contributed by atoms with Gasteiger partial charge in [0.25, 0.3) is 5.91 Å². The van der Waals surface area contributed by atoms with E-state index >= 15 is 0 Å². The molecule has 0 saturated carbocycles. The van der Waals surface area contributed by atoms with Crippen molar-refractivity contribution in [3.05, 3.63) is 33.8 Å². The number of nitrogens with one attached hydrogen (secondary N) is 1. The molecule has 5 heteroatoms. The molecule has 0 heterocycles. The van der Waals surface area contributed by atoms with Crippen molar-refractivity contribution in [3.63, 3.8) is 0 Å². The number of benzene rings is 1. The van der Waals surface area contributed by atoms with Gasteiger partial charge in [-0.2, -0.15) is 0 Å². The van der Waals surface area contributed by atoms with Crippen LogP contribution in [0.15, 0.2) is 18.2 Å². The second-order valence-electron chi connectivity index (χ2n) is 4.47. The number of hydrogen-bond donors (Lipinski definition) is 2. The highest BCUT2D eigenvalue weighted by molar-refractivity contribution is 6.42. The van der Waals surface area contributed by atoms with Crippen LogP contribution in [0.25, 0.3) is 0 Å². The molecule has 1 aromatic carbocycles. The van der Waals surface area contributed by atoms with Crippen LogP contribution in [0.5, 0.6) is 0 Å². The molecule has 0 bridgehead atoms. The van der Waals surface area contributed by atoms with E-state index in [-0.39, 0.29) is 12.5 Å². The van der Waals surface area contributed by atoms with Gasteiger partial charge in [0.1, 0.15) is 0 Å². The normalized spacial score (nSPS) is 14.1. The van der Waals surface area contributed by atoms with Gasteiger partial charge >= 0.3 is 0 Å². The van der Waals surface area contributed by atoms with E-state index in [2.05, 4.69) is 5.32 Å². The average Bonchev–Trinajstić information content (AvgIpc) is 2.32. The van der Waals surface area contributed by atoms with Gasteiger partial charge in [-0.15, -0.1) is 0 Å². The lowest BCUT2D eigenvalue weighted by molar-refractivity contribution is 0.0886. The molecule has 1 atom stereocenters. The van der Waals surface area contributed by atoms with Gasteiger partial charge in [0.2, 0.25) is 0 Å². The Labute approximate surface area is 117 Å². The Bertz CT molecular complexity index is 437. The van der Waals surface area contributed by atoms with Crippen LogP contribution in [0, 0.1) is 0 Å². The highest BCUT2D eigenvalue weighted by atomic mass is 35.5. The maximum Gasteiger partial charge on any atom is 0.251 e. The SMILES string of the molecule is CCC(C)(CCO)NC(=O)c1ccc(Cl)c(Cl)c1. The molecule has 18 heavy (non-hydrogen) atoms. The molecule has 0 aliphatic heterocycles. The van der Waals surface area contributed by atoms with Crippen LogP contribution in [0.1, 0.15) is 37.0 Å². The predicted octanol–water partition coefficient (Wildman–Crippen LogP) is 3.27. The van der Waals surface area contributed by atoms with Gasteiger partial charge in [-0.05, 0) is 38.0 Å². The van der Waals surface area contributed by atoms with E-state index in [1.54, 1.807) is 12.1 Å². The van der Waals surface area contributed by atoms with Crippen molar-refractivity contribution in [3.8, 4) is 0 Å². The summed E-state index contributed by atoms with van der Waals surface area (Å²) in [4.78, 5) is 12.1. The molecular weight excluding hydrogens is 273 g/mol. The fourth-order valence-electron chi connectivity index (χ4n) is 1.56. The van der Waals surface area contributed by atoms with E-state index in [9.17, 15) is 4.79 Å². The lowest BCUT2D eigenvalue weighted by Gasteiger charge is -2.29. The molecular formula is C13H17Cl2NO2. The highest BCUT2D eigenvalue weighted by Gasteiger charge is 2.24. The third-order valence-electron chi connectivity index (χ3n) is 3.04. The molecule has 1 amide bonds. The zero-order chi connectivity index (χ0) is 13.8. The Hall–Kier alpha value is -0.770. The summed E-state index contributed by atoms with van der Waals surface area (Å²) in [6, 6.07) is 4.75. The van der Waals surface area contributed by atoms with Crippen LogP contribution < -0.4 is 5.32 Å². The molecule has 2 N–H and O–H groups in total. The second kappa shape index (κ2) is 6.41. The maximum absolute atomic E-state index is 12.1. The summed E-state index contributed by atoms with van der Waals surface area (Å²) < 4.78 is 0. The Morgan fingerprint density at radius 1 is 1.39 bits per heavy atom. The Morgan fingerprint density at radius 3 is 2.56 bits per heavy atom. The molecule has 0 aliphatic rings. The number of amides is 1. The quantitative estimate of drug-likeness (QED) is 0.874. The van der Waals surface area contributed by atoms with E-state index < -0.39 is 5.54 Å². The van der Waals surface area contributed by atoms with Gasteiger partial charge in [0, 0.05) is 17.7 Å². The lowest BCUT2D eigenvalue weighted by Crippen LogP contribution is -2.46. The first-order chi connectivity index (χ1) is 8.41. The van der Waals surface area contributed by atoms with E-state index in [0.717, 1.165) is 6.42 Å². The number of rotatable bonds is 5. The van der Waals surface area contributed by atoms with Crippen molar-refractivity contribution in [2.75, 3.05) is 6.61 Å². The van der Waals surface area contributed by atoms with E-state index in [1.807, 2.05) is 13.8 Å². The number of halogens is 2. The summed E-state index contributed by atoms with van der Waals surface area (Å²) in [5.74, 6) is -0.216. The lowest BCUT2D eigenvalue weighted by atomic mass is 9.94.